The van der Waals surface area contributed by atoms with Gasteiger partial charge in [-0.05, 0) is 58.2 Å². The van der Waals surface area contributed by atoms with Gasteiger partial charge in [0.1, 0.15) is 11.4 Å². The molecule has 0 saturated carbocycles. The van der Waals surface area contributed by atoms with Crippen molar-refractivity contribution in [2.45, 2.75) is 12.8 Å². The number of hydrogen-bond acceptors (Lipinski definition) is 6. The van der Waals surface area contributed by atoms with Gasteiger partial charge in [0.25, 0.3) is 5.91 Å². The van der Waals surface area contributed by atoms with Crippen molar-refractivity contribution in [3.8, 4) is 16.9 Å². The minimum absolute atomic E-state index is 0.0408. The molecule has 4 aromatic rings. The Morgan fingerprint density at radius 3 is 2.61 bits per heavy atom. The maximum absolute atomic E-state index is 13.1. The van der Waals surface area contributed by atoms with Crippen molar-refractivity contribution in [1.82, 2.24) is 19.8 Å². The number of hydrazine groups is 1. The zero-order valence-electron chi connectivity index (χ0n) is 23.7. The Hall–Kier alpha value is -4.76. The summed E-state index contributed by atoms with van der Waals surface area (Å²) >= 11 is 0. The van der Waals surface area contributed by atoms with E-state index in [1.807, 2.05) is 35.2 Å². The van der Waals surface area contributed by atoms with E-state index in [4.69, 9.17) is 16.3 Å². The fraction of sp³-hybridized carbons (Fsp3) is 0.250. The van der Waals surface area contributed by atoms with Gasteiger partial charge in [-0.25, -0.2) is 5.84 Å². The summed E-state index contributed by atoms with van der Waals surface area (Å²) in [6.45, 7) is 1.53. The molecule has 9 nitrogen and oxygen atoms in total. The molecule has 41 heavy (non-hydrogen) atoms. The number of fused-ring (bicyclic) bond motifs is 3. The largest absolute Gasteiger partial charge is 0.496 e. The summed E-state index contributed by atoms with van der Waals surface area (Å²) in [6, 6.07) is 18.3. The van der Waals surface area contributed by atoms with Crippen LogP contribution >= 0.6 is 0 Å². The summed E-state index contributed by atoms with van der Waals surface area (Å²) in [5.74, 6) is 6.59. The molecule has 212 valence electrons. The first-order chi connectivity index (χ1) is 19.8. The van der Waals surface area contributed by atoms with Crippen molar-refractivity contribution in [2.75, 3.05) is 40.8 Å². The minimum Gasteiger partial charge on any atom is -0.496 e. The lowest BCUT2D eigenvalue weighted by Crippen LogP contribution is -2.38. The lowest BCUT2D eigenvalue weighted by molar-refractivity contribution is -0.130. The number of hydrogen-bond donors (Lipinski definition) is 3. The standard InChI is InChI=1S/C32H36N6O3/c1-36(2)32(40)29-19-27-26-17-21(23-8-4-5-9-30(23)41-3)10-11-24(26)25(18-28(27)35-29)22-7-6-14-37(20-22)31(39)12-15-38(34)16-13-33/h4-5,7-11,13,16-19,35H,6,12,14-15,20,33-34H2,1-3H3/b16-13-. The molecule has 0 saturated heterocycles. The Morgan fingerprint density at radius 1 is 1.05 bits per heavy atom. The zero-order valence-corrected chi connectivity index (χ0v) is 23.7. The van der Waals surface area contributed by atoms with Gasteiger partial charge < -0.3 is 30.3 Å². The van der Waals surface area contributed by atoms with Gasteiger partial charge in [-0.1, -0.05) is 36.4 Å². The molecule has 9 heteroatoms. The molecule has 0 fully saturated rings. The summed E-state index contributed by atoms with van der Waals surface area (Å²) in [6.07, 6.45) is 6.15. The number of rotatable bonds is 8. The predicted molar refractivity (Wildman–Crippen MR) is 164 cm³/mol. The van der Waals surface area contributed by atoms with Crippen LogP contribution in [0.15, 0.2) is 73.1 Å². The number of carbonyl (C=O) groups is 2. The molecule has 5 rings (SSSR count). The third-order valence-electron chi connectivity index (χ3n) is 7.50. The van der Waals surface area contributed by atoms with Crippen LogP contribution in [0.25, 0.3) is 38.4 Å². The molecule has 0 aliphatic carbocycles. The summed E-state index contributed by atoms with van der Waals surface area (Å²) in [4.78, 5) is 32.7. The SMILES string of the molecule is COc1ccccc1-c1ccc2c(C3=CCCN(C(=O)CCN(N)/C=C\N)C3)cc3[nH]c(C(=O)N(C)C)cc3c2c1. The summed E-state index contributed by atoms with van der Waals surface area (Å²) in [5.41, 5.74) is 10.9. The Bertz CT molecular complexity index is 1670. The van der Waals surface area contributed by atoms with Crippen LogP contribution < -0.4 is 16.3 Å². The van der Waals surface area contributed by atoms with Crippen LogP contribution in [-0.2, 0) is 4.79 Å². The fourth-order valence-electron chi connectivity index (χ4n) is 5.42. The van der Waals surface area contributed by atoms with Crippen molar-refractivity contribution in [2.24, 2.45) is 11.6 Å². The van der Waals surface area contributed by atoms with Crippen molar-refractivity contribution in [3.63, 3.8) is 0 Å². The number of aromatic amines is 1. The number of nitrogens with two attached hydrogens (primary N) is 2. The Morgan fingerprint density at radius 2 is 1.85 bits per heavy atom. The first-order valence-electron chi connectivity index (χ1n) is 13.6. The van der Waals surface area contributed by atoms with E-state index in [1.54, 1.807) is 32.3 Å². The fourth-order valence-corrected chi connectivity index (χ4v) is 5.42. The monoisotopic (exact) mass is 552 g/mol. The number of para-hydroxylation sites is 1. The van der Waals surface area contributed by atoms with Crippen LogP contribution in [0.5, 0.6) is 5.75 Å². The third-order valence-corrected chi connectivity index (χ3v) is 7.50. The molecule has 0 atom stereocenters. The van der Waals surface area contributed by atoms with Crippen molar-refractivity contribution in [3.05, 3.63) is 84.3 Å². The molecule has 0 unspecified atom stereocenters. The normalized spacial score (nSPS) is 13.6. The van der Waals surface area contributed by atoms with E-state index in [-0.39, 0.29) is 11.8 Å². The molecule has 1 aliphatic rings. The van der Waals surface area contributed by atoms with Crippen LogP contribution in [0.3, 0.4) is 0 Å². The van der Waals surface area contributed by atoms with E-state index in [9.17, 15) is 9.59 Å². The Labute approximate surface area is 239 Å². The first kappa shape index (κ1) is 27.8. The van der Waals surface area contributed by atoms with Gasteiger partial charge in [-0.15, -0.1) is 0 Å². The maximum Gasteiger partial charge on any atom is 0.269 e. The molecule has 3 aromatic carbocycles. The number of nitrogens with zero attached hydrogens (tertiary/aromatic N) is 3. The van der Waals surface area contributed by atoms with Crippen molar-refractivity contribution in [1.29, 1.82) is 0 Å². The molecule has 0 bridgehead atoms. The van der Waals surface area contributed by atoms with E-state index in [0.717, 1.165) is 56.1 Å². The van der Waals surface area contributed by atoms with Gasteiger partial charge in [0.2, 0.25) is 5.91 Å². The number of nitrogens with one attached hydrogen (secondary N) is 1. The number of benzene rings is 3. The topological polar surface area (TPSA) is 121 Å². The number of amides is 2. The summed E-state index contributed by atoms with van der Waals surface area (Å²) in [5, 5.41) is 4.45. The van der Waals surface area contributed by atoms with Gasteiger partial charge in [0.05, 0.1) is 7.11 Å². The van der Waals surface area contributed by atoms with Crippen LogP contribution in [0.2, 0.25) is 0 Å². The van der Waals surface area contributed by atoms with Gasteiger partial charge in [0, 0.05) is 69.0 Å². The molecule has 2 amide bonds. The number of H-pyrrole nitrogens is 1. The van der Waals surface area contributed by atoms with E-state index < -0.39 is 0 Å². The molecule has 1 aromatic heterocycles. The Balaban J connectivity index is 1.59. The molecule has 5 N–H and O–H groups in total. The zero-order chi connectivity index (χ0) is 29.1. The van der Waals surface area contributed by atoms with Crippen molar-refractivity contribution < 1.29 is 14.3 Å². The number of ether oxygens (including phenoxy) is 1. The highest BCUT2D eigenvalue weighted by atomic mass is 16.5. The maximum atomic E-state index is 13.1. The second kappa shape index (κ2) is 11.8. The quantitative estimate of drug-likeness (QED) is 0.221. The molecule has 2 heterocycles. The van der Waals surface area contributed by atoms with E-state index in [1.165, 1.54) is 11.2 Å². The smallest absolute Gasteiger partial charge is 0.269 e. The van der Waals surface area contributed by atoms with Gasteiger partial charge in [0.15, 0.2) is 0 Å². The molecular weight excluding hydrogens is 516 g/mol. The van der Waals surface area contributed by atoms with E-state index >= 15 is 0 Å². The number of aromatic nitrogens is 1. The van der Waals surface area contributed by atoms with Gasteiger partial charge in [-0.2, -0.15) is 0 Å². The molecule has 0 spiro atoms. The lowest BCUT2D eigenvalue weighted by Gasteiger charge is -2.29. The summed E-state index contributed by atoms with van der Waals surface area (Å²) < 4.78 is 5.64. The van der Waals surface area contributed by atoms with Crippen LogP contribution in [0.4, 0.5) is 0 Å². The van der Waals surface area contributed by atoms with Crippen LogP contribution in [0.1, 0.15) is 28.9 Å². The average Bonchev–Trinajstić information content (AvgIpc) is 3.43. The Kier molecular flexibility index (Phi) is 7.98. The second-order valence-corrected chi connectivity index (χ2v) is 10.4. The predicted octanol–water partition coefficient (Wildman–Crippen LogP) is 4.31. The van der Waals surface area contributed by atoms with Gasteiger partial charge in [-0.3, -0.25) is 9.59 Å². The second-order valence-electron chi connectivity index (χ2n) is 10.4. The number of carbonyl (C=O) groups excluding carboxylic acids is 2. The highest BCUT2D eigenvalue weighted by molar-refractivity contribution is 6.14. The van der Waals surface area contributed by atoms with Crippen molar-refractivity contribution >= 4 is 39.1 Å². The van der Waals surface area contributed by atoms with Crippen LogP contribution in [-0.4, -0.2) is 72.4 Å². The van der Waals surface area contributed by atoms with Gasteiger partial charge >= 0.3 is 0 Å². The first-order valence-corrected chi connectivity index (χ1v) is 13.6. The molecule has 1 aliphatic heterocycles. The van der Waals surface area contributed by atoms with E-state index in [0.29, 0.717) is 31.7 Å². The number of methoxy groups -OCH3 is 1. The summed E-state index contributed by atoms with van der Waals surface area (Å²) in [7, 11) is 5.15. The average molecular weight is 553 g/mol. The lowest BCUT2D eigenvalue weighted by atomic mass is 9.91. The molecular formula is C32H36N6O3. The highest BCUT2D eigenvalue weighted by Crippen LogP contribution is 2.38. The van der Waals surface area contributed by atoms with Crippen LogP contribution in [0, 0.1) is 0 Å². The molecule has 0 radical (unpaired) electrons. The van der Waals surface area contributed by atoms with E-state index in [2.05, 4.69) is 35.3 Å². The minimum atomic E-state index is -0.0936. The highest BCUT2D eigenvalue weighted by Gasteiger charge is 2.22. The third kappa shape index (κ3) is 5.62.